The summed E-state index contributed by atoms with van der Waals surface area (Å²) < 4.78 is 39.5. The summed E-state index contributed by atoms with van der Waals surface area (Å²) in [5.74, 6) is 4.56. The molecule has 4 nitrogen and oxygen atoms in total. The van der Waals surface area contributed by atoms with Gasteiger partial charge in [0.05, 0.1) is 6.54 Å². The van der Waals surface area contributed by atoms with Crippen LogP contribution in [0, 0.1) is 11.8 Å². The Morgan fingerprint density at radius 3 is 2.90 bits per heavy atom. The number of rotatable bonds is 5. The second kappa shape index (κ2) is 7.89. The average molecular weight is 307 g/mol. The highest BCUT2D eigenvalue weighted by molar-refractivity contribution is 7.10. The number of nitrogens with one attached hydrogen (secondary N) is 1. The Hall–Kier alpha value is -1.56. The molecule has 1 aromatic heterocycles. The van der Waals surface area contributed by atoms with Crippen molar-refractivity contribution in [2.24, 2.45) is 0 Å². The zero-order valence-corrected chi connectivity index (χ0v) is 11.1. The summed E-state index contributed by atoms with van der Waals surface area (Å²) >= 11 is 1.35. The van der Waals surface area contributed by atoms with Gasteiger partial charge in [0.2, 0.25) is 5.91 Å². The maximum atomic E-state index is 11.8. The van der Waals surface area contributed by atoms with Crippen LogP contribution in [0.5, 0.6) is 0 Å². The number of aliphatic hydroxyl groups is 1. The third-order valence-electron chi connectivity index (χ3n) is 1.92. The van der Waals surface area contributed by atoms with Crippen molar-refractivity contribution in [1.82, 2.24) is 5.32 Å². The van der Waals surface area contributed by atoms with Gasteiger partial charge in [-0.25, -0.2) is 0 Å². The Balaban J connectivity index is 2.29. The van der Waals surface area contributed by atoms with E-state index in [9.17, 15) is 18.0 Å². The molecule has 1 amide bonds. The topological polar surface area (TPSA) is 58.6 Å². The lowest BCUT2D eigenvalue weighted by atomic mass is 10.3. The number of amides is 1. The molecule has 0 radical (unpaired) electrons. The van der Waals surface area contributed by atoms with Crippen molar-refractivity contribution in [2.75, 3.05) is 19.8 Å². The van der Waals surface area contributed by atoms with Crippen LogP contribution in [0.2, 0.25) is 0 Å². The quantitative estimate of drug-likeness (QED) is 0.806. The van der Waals surface area contributed by atoms with E-state index >= 15 is 0 Å². The number of carbonyl (C=O) groups is 1. The second-order valence-corrected chi connectivity index (χ2v) is 4.64. The molecule has 0 atom stereocenters. The SMILES string of the molecule is O=C(COCC(F)(F)F)NCc1cc(C#CCO)cs1. The molecule has 0 aliphatic carbocycles. The van der Waals surface area contributed by atoms with Crippen LogP contribution in [0.3, 0.4) is 0 Å². The van der Waals surface area contributed by atoms with E-state index in [2.05, 4.69) is 21.9 Å². The molecule has 1 heterocycles. The smallest absolute Gasteiger partial charge is 0.384 e. The molecule has 0 unspecified atom stereocenters. The highest BCUT2D eigenvalue weighted by atomic mass is 32.1. The molecule has 0 saturated heterocycles. The minimum atomic E-state index is -4.44. The fraction of sp³-hybridized carbons (Fsp3) is 0.417. The normalized spacial score (nSPS) is 10.8. The van der Waals surface area contributed by atoms with E-state index in [1.165, 1.54) is 11.3 Å². The zero-order valence-electron chi connectivity index (χ0n) is 10.3. The number of hydrogen-bond donors (Lipinski definition) is 2. The molecule has 0 aromatic carbocycles. The number of hydrogen-bond acceptors (Lipinski definition) is 4. The maximum Gasteiger partial charge on any atom is 0.411 e. The van der Waals surface area contributed by atoms with Gasteiger partial charge in [-0.15, -0.1) is 11.3 Å². The maximum absolute atomic E-state index is 11.8. The number of carbonyl (C=O) groups excluding carboxylic acids is 1. The molecular formula is C12H12F3NO3S. The van der Waals surface area contributed by atoms with E-state index in [-0.39, 0.29) is 13.2 Å². The summed E-state index contributed by atoms with van der Waals surface area (Å²) in [5.41, 5.74) is 0.710. The van der Waals surface area contributed by atoms with E-state index in [4.69, 9.17) is 5.11 Å². The Kier molecular flexibility index (Phi) is 6.51. The van der Waals surface area contributed by atoms with Crippen LogP contribution in [0.4, 0.5) is 13.2 Å². The number of thiophene rings is 1. The highest BCUT2D eigenvalue weighted by Crippen LogP contribution is 2.14. The van der Waals surface area contributed by atoms with Gasteiger partial charge in [0.15, 0.2) is 0 Å². The lowest BCUT2D eigenvalue weighted by molar-refractivity contribution is -0.175. The molecule has 0 saturated carbocycles. The lowest BCUT2D eigenvalue weighted by Gasteiger charge is -2.07. The van der Waals surface area contributed by atoms with Crippen LogP contribution in [0.25, 0.3) is 0 Å². The van der Waals surface area contributed by atoms with Crippen LogP contribution in [0.15, 0.2) is 11.4 Å². The lowest BCUT2D eigenvalue weighted by Crippen LogP contribution is -2.29. The first-order chi connectivity index (χ1) is 9.40. The molecule has 1 aromatic rings. The summed E-state index contributed by atoms with van der Waals surface area (Å²) in [6.45, 7) is -2.12. The van der Waals surface area contributed by atoms with E-state index in [0.29, 0.717) is 5.56 Å². The third kappa shape index (κ3) is 7.13. The molecule has 20 heavy (non-hydrogen) atoms. The van der Waals surface area contributed by atoms with Gasteiger partial charge in [-0.1, -0.05) is 11.8 Å². The minimum Gasteiger partial charge on any atom is -0.384 e. The molecule has 0 bridgehead atoms. The van der Waals surface area contributed by atoms with Crippen molar-refractivity contribution in [3.63, 3.8) is 0 Å². The third-order valence-corrected chi connectivity index (χ3v) is 2.86. The van der Waals surface area contributed by atoms with Crippen LogP contribution >= 0.6 is 11.3 Å². The fourth-order valence-electron chi connectivity index (χ4n) is 1.18. The summed E-state index contributed by atoms with van der Waals surface area (Å²) in [6.07, 6.45) is -4.44. The fourth-order valence-corrected chi connectivity index (χ4v) is 1.93. The van der Waals surface area contributed by atoms with Crippen molar-refractivity contribution in [1.29, 1.82) is 0 Å². The van der Waals surface area contributed by atoms with E-state index in [0.717, 1.165) is 4.88 Å². The monoisotopic (exact) mass is 307 g/mol. The molecule has 1 rings (SSSR count). The van der Waals surface area contributed by atoms with Gasteiger partial charge in [-0.3, -0.25) is 4.79 Å². The summed E-state index contributed by atoms with van der Waals surface area (Å²) in [6, 6.07) is 1.73. The van der Waals surface area contributed by atoms with Crippen LogP contribution in [-0.2, 0) is 16.1 Å². The van der Waals surface area contributed by atoms with Crippen LogP contribution in [-0.4, -0.2) is 37.0 Å². The van der Waals surface area contributed by atoms with Crippen LogP contribution in [0.1, 0.15) is 10.4 Å². The molecule has 8 heteroatoms. The van der Waals surface area contributed by atoms with Crippen molar-refractivity contribution >= 4 is 17.2 Å². The van der Waals surface area contributed by atoms with Crippen LogP contribution < -0.4 is 5.32 Å². The number of aliphatic hydroxyl groups excluding tert-OH is 1. The number of halogens is 3. The number of alkyl halides is 3. The van der Waals surface area contributed by atoms with E-state index in [1.807, 2.05) is 0 Å². The van der Waals surface area contributed by atoms with Crippen molar-refractivity contribution in [3.05, 3.63) is 21.9 Å². The molecule has 0 spiro atoms. The predicted molar refractivity (Wildman–Crippen MR) is 67.0 cm³/mol. The first-order valence-corrected chi connectivity index (χ1v) is 6.37. The summed E-state index contributed by atoms with van der Waals surface area (Å²) in [4.78, 5) is 12.0. The van der Waals surface area contributed by atoms with Gasteiger partial charge in [-0.2, -0.15) is 13.2 Å². The van der Waals surface area contributed by atoms with Gasteiger partial charge in [-0.05, 0) is 6.07 Å². The van der Waals surface area contributed by atoms with Crippen molar-refractivity contribution in [2.45, 2.75) is 12.7 Å². The van der Waals surface area contributed by atoms with Gasteiger partial charge in [0, 0.05) is 15.8 Å². The number of ether oxygens (including phenoxy) is 1. The largest absolute Gasteiger partial charge is 0.411 e. The van der Waals surface area contributed by atoms with Gasteiger partial charge in [0.1, 0.15) is 19.8 Å². The molecular weight excluding hydrogens is 295 g/mol. The average Bonchev–Trinajstić information content (AvgIpc) is 2.80. The Bertz CT molecular complexity index is 502. The van der Waals surface area contributed by atoms with Crippen molar-refractivity contribution < 1.29 is 27.8 Å². The van der Waals surface area contributed by atoms with E-state index in [1.54, 1.807) is 11.4 Å². The Morgan fingerprint density at radius 1 is 1.50 bits per heavy atom. The first-order valence-electron chi connectivity index (χ1n) is 5.49. The molecule has 0 aliphatic heterocycles. The molecule has 110 valence electrons. The minimum absolute atomic E-state index is 0.194. The molecule has 0 fully saturated rings. The molecule has 2 N–H and O–H groups in total. The molecule has 0 aliphatic rings. The highest BCUT2D eigenvalue weighted by Gasteiger charge is 2.27. The summed E-state index contributed by atoms with van der Waals surface area (Å²) in [7, 11) is 0. The predicted octanol–water partition coefficient (Wildman–Crippen LogP) is 1.29. The Morgan fingerprint density at radius 2 is 2.25 bits per heavy atom. The van der Waals surface area contributed by atoms with E-state index < -0.39 is 25.3 Å². The Labute approximate surface area is 117 Å². The van der Waals surface area contributed by atoms with Gasteiger partial charge >= 0.3 is 6.18 Å². The van der Waals surface area contributed by atoms with Gasteiger partial charge in [0.25, 0.3) is 0 Å². The van der Waals surface area contributed by atoms with Gasteiger partial charge < -0.3 is 15.2 Å². The second-order valence-electron chi connectivity index (χ2n) is 3.65. The van der Waals surface area contributed by atoms with Crippen molar-refractivity contribution in [3.8, 4) is 11.8 Å². The first kappa shape index (κ1) is 16.5. The standard InChI is InChI=1S/C12H12F3NO3S/c13-12(14,15)8-19-6-11(18)16-5-10-4-9(7-20-10)2-1-3-17/h4,7,17H,3,5-6,8H2,(H,16,18). The zero-order chi connectivity index (χ0) is 15.0. The summed E-state index contributed by atoms with van der Waals surface area (Å²) in [5, 5.41) is 12.7.